The summed E-state index contributed by atoms with van der Waals surface area (Å²) in [5.41, 5.74) is 0.813. The molecule has 0 atom stereocenters. The second kappa shape index (κ2) is 4.18. The number of aromatic nitrogens is 1. The second-order valence-corrected chi connectivity index (χ2v) is 4.01. The monoisotopic (exact) mass is 240 g/mol. The number of hydrogen-bond donors (Lipinski definition) is 0. The molecule has 0 spiro atoms. The van der Waals surface area contributed by atoms with Crippen LogP contribution in [-0.2, 0) is 0 Å². The lowest BCUT2D eigenvalue weighted by molar-refractivity contribution is 0.626. The van der Waals surface area contributed by atoms with Crippen molar-refractivity contribution in [3.05, 3.63) is 66.4 Å². The summed E-state index contributed by atoms with van der Waals surface area (Å²) in [5, 5.41) is 1.27. The molecule has 0 aliphatic carbocycles. The highest BCUT2D eigenvalue weighted by atomic mass is 19.1. The van der Waals surface area contributed by atoms with Crippen LogP contribution in [0.3, 0.4) is 0 Å². The molecule has 1 aromatic heterocycles. The molecular formula is C15H9F2N. The lowest BCUT2D eigenvalue weighted by Gasteiger charge is -2.05. The van der Waals surface area contributed by atoms with Crippen molar-refractivity contribution in [2.24, 2.45) is 0 Å². The van der Waals surface area contributed by atoms with Crippen LogP contribution in [0.25, 0.3) is 22.0 Å². The first-order chi connectivity index (χ1) is 8.75. The van der Waals surface area contributed by atoms with Crippen LogP contribution < -0.4 is 0 Å². The number of benzene rings is 2. The van der Waals surface area contributed by atoms with Crippen molar-refractivity contribution < 1.29 is 8.78 Å². The SMILES string of the molecule is Fc1ccc(-c2ncc3ccccc3c2[18F])cc1. The maximum atomic E-state index is 14.3. The number of nitrogens with zero attached hydrogens (tertiary/aromatic N) is 1. The summed E-state index contributed by atoms with van der Waals surface area (Å²) in [6.45, 7) is 0. The summed E-state index contributed by atoms with van der Waals surface area (Å²) < 4.78 is 27.1. The fourth-order valence-corrected chi connectivity index (χ4v) is 1.94. The van der Waals surface area contributed by atoms with E-state index in [1.54, 1.807) is 24.4 Å². The van der Waals surface area contributed by atoms with Crippen molar-refractivity contribution in [3.8, 4) is 11.3 Å². The summed E-state index contributed by atoms with van der Waals surface area (Å²) in [4.78, 5) is 4.11. The third-order valence-electron chi connectivity index (χ3n) is 2.86. The topological polar surface area (TPSA) is 12.9 Å². The molecule has 0 unspecified atom stereocenters. The Balaban J connectivity index is 2.24. The van der Waals surface area contributed by atoms with E-state index in [9.17, 15) is 8.78 Å². The Morgan fingerprint density at radius 3 is 2.33 bits per heavy atom. The molecule has 0 N–H and O–H groups in total. The molecule has 0 bridgehead atoms. The van der Waals surface area contributed by atoms with E-state index in [2.05, 4.69) is 4.98 Å². The van der Waals surface area contributed by atoms with Crippen molar-refractivity contribution in [2.75, 3.05) is 0 Å². The molecule has 2 aromatic carbocycles. The molecule has 18 heavy (non-hydrogen) atoms. The number of fused-ring (bicyclic) bond motifs is 1. The highest BCUT2D eigenvalue weighted by Gasteiger charge is 2.10. The van der Waals surface area contributed by atoms with E-state index in [0.29, 0.717) is 10.9 Å². The third-order valence-corrected chi connectivity index (χ3v) is 2.86. The number of hydrogen-bond acceptors (Lipinski definition) is 1. The largest absolute Gasteiger partial charge is 0.252 e. The Hall–Kier alpha value is -2.29. The molecule has 0 saturated heterocycles. The van der Waals surface area contributed by atoms with E-state index < -0.39 is 0 Å². The maximum Gasteiger partial charge on any atom is 0.157 e. The molecule has 0 aliphatic heterocycles. The molecule has 3 rings (SSSR count). The van der Waals surface area contributed by atoms with Crippen molar-refractivity contribution in [1.82, 2.24) is 4.98 Å². The molecule has 3 heteroatoms. The fraction of sp³-hybridized carbons (Fsp3) is 0. The Labute approximate surface area is 103 Å². The minimum Gasteiger partial charge on any atom is -0.252 e. The van der Waals surface area contributed by atoms with Gasteiger partial charge in [-0.25, -0.2) is 8.78 Å². The first-order valence-corrected chi connectivity index (χ1v) is 5.55. The van der Waals surface area contributed by atoms with Crippen LogP contribution in [0, 0.1) is 11.6 Å². The van der Waals surface area contributed by atoms with Crippen LogP contribution in [0.1, 0.15) is 0 Å². The summed E-state index contributed by atoms with van der Waals surface area (Å²) >= 11 is 0. The van der Waals surface area contributed by atoms with Gasteiger partial charge in [-0.05, 0) is 24.3 Å². The smallest absolute Gasteiger partial charge is 0.157 e. The highest BCUT2D eigenvalue weighted by Crippen LogP contribution is 2.26. The van der Waals surface area contributed by atoms with Gasteiger partial charge in [0.05, 0.1) is 0 Å². The summed E-state index contributed by atoms with van der Waals surface area (Å²) in [5.74, 6) is -0.723. The van der Waals surface area contributed by atoms with Gasteiger partial charge in [0.1, 0.15) is 11.5 Å². The van der Waals surface area contributed by atoms with Gasteiger partial charge in [0.15, 0.2) is 5.82 Å². The average molecular weight is 240 g/mol. The van der Waals surface area contributed by atoms with Gasteiger partial charge in [0, 0.05) is 22.5 Å². The van der Waals surface area contributed by atoms with Crippen molar-refractivity contribution in [1.29, 1.82) is 0 Å². The van der Waals surface area contributed by atoms with E-state index >= 15 is 0 Å². The minimum absolute atomic E-state index is 0.244. The summed E-state index contributed by atoms with van der Waals surface area (Å²) in [6.07, 6.45) is 1.62. The fourth-order valence-electron chi connectivity index (χ4n) is 1.94. The molecule has 88 valence electrons. The molecule has 0 saturated carbocycles. The Bertz CT molecular complexity index is 705. The Kier molecular flexibility index (Phi) is 2.52. The van der Waals surface area contributed by atoms with Crippen LogP contribution in [-0.4, -0.2) is 4.98 Å². The first-order valence-electron chi connectivity index (χ1n) is 5.55. The molecular weight excluding hydrogens is 231 g/mol. The zero-order valence-electron chi connectivity index (χ0n) is 9.40. The Morgan fingerprint density at radius 1 is 0.833 bits per heavy atom. The van der Waals surface area contributed by atoms with Crippen LogP contribution in [0.4, 0.5) is 8.78 Å². The molecule has 1 nitrogen and oxygen atoms in total. The van der Waals surface area contributed by atoms with Gasteiger partial charge in [-0.3, -0.25) is 4.98 Å². The van der Waals surface area contributed by atoms with E-state index in [1.165, 1.54) is 24.3 Å². The van der Waals surface area contributed by atoms with Gasteiger partial charge in [-0.2, -0.15) is 0 Å². The standard InChI is InChI=1S/C15H9F2N/c16-12-7-5-10(6-8-12)15-14(17)13-4-2-1-3-11(13)9-18-15/h1-9H/i17-1. The normalized spacial score (nSPS) is 10.8. The Morgan fingerprint density at radius 2 is 1.56 bits per heavy atom. The molecule has 0 aliphatic rings. The number of pyridine rings is 1. The molecule has 3 aromatic rings. The van der Waals surface area contributed by atoms with E-state index in [1.807, 2.05) is 6.07 Å². The first kappa shape index (κ1) is 10.8. The van der Waals surface area contributed by atoms with Gasteiger partial charge in [0.2, 0.25) is 0 Å². The number of halogens is 2. The van der Waals surface area contributed by atoms with E-state index in [-0.39, 0.29) is 17.3 Å². The van der Waals surface area contributed by atoms with Gasteiger partial charge in [-0.1, -0.05) is 24.3 Å². The lowest BCUT2D eigenvalue weighted by atomic mass is 10.1. The maximum absolute atomic E-state index is 14.3. The zero-order valence-corrected chi connectivity index (χ0v) is 9.40. The van der Waals surface area contributed by atoms with Crippen LogP contribution in [0.15, 0.2) is 54.7 Å². The van der Waals surface area contributed by atoms with Crippen LogP contribution >= 0.6 is 0 Å². The molecule has 0 fully saturated rings. The quantitative estimate of drug-likeness (QED) is 0.621. The van der Waals surface area contributed by atoms with E-state index in [4.69, 9.17) is 0 Å². The van der Waals surface area contributed by atoms with Gasteiger partial charge in [0.25, 0.3) is 0 Å². The van der Waals surface area contributed by atoms with Gasteiger partial charge >= 0.3 is 0 Å². The van der Waals surface area contributed by atoms with Crippen molar-refractivity contribution in [3.63, 3.8) is 0 Å². The predicted molar refractivity (Wildman–Crippen MR) is 67.1 cm³/mol. The van der Waals surface area contributed by atoms with Crippen molar-refractivity contribution >= 4 is 10.8 Å². The summed E-state index contributed by atoms with van der Waals surface area (Å²) in [7, 11) is 0. The average Bonchev–Trinajstić information content (AvgIpc) is 2.41. The lowest BCUT2D eigenvalue weighted by Crippen LogP contribution is -1.91. The predicted octanol–water partition coefficient (Wildman–Crippen LogP) is 4.18. The second-order valence-electron chi connectivity index (χ2n) is 4.01. The van der Waals surface area contributed by atoms with E-state index in [0.717, 1.165) is 5.39 Å². The van der Waals surface area contributed by atoms with Crippen LogP contribution in [0.2, 0.25) is 0 Å². The third kappa shape index (κ3) is 1.74. The van der Waals surface area contributed by atoms with Crippen LogP contribution in [0.5, 0.6) is 0 Å². The van der Waals surface area contributed by atoms with Gasteiger partial charge in [-0.15, -0.1) is 0 Å². The highest BCUT2D eigenvalue weighted by molar-refractivity contribution is 5.86. The van der Waals surface area contributed by atoms with Crippen molar-refractivity contribution in [2.45, 2.75) is 0 Å². The molecule has 1 heterocycles. The van der Waals surface area contributed by atoms with Gasteiger partial charge < -0.3 is 0 Å². The summed E-state index contributed by atoms with van der Waals surface area (Å²) in [6, 6.07) is 12.8. The molecule has 0 radical (unpaired) electrons. The molecule has 0 amide bonds. The minimum atomic E-state index is -0.375. The zero-order chi connectivity index (χ0) is 12.5. The number of rotatable bonds is 1.